The van der Waals surface area contributed by atoms with Crippen molar-refractivity contribution in [1.82, 2.24) is 4.90 Å². The summed E-state index contributed by atoms with van der Waals surface area (Å²) in [5.74, 6) is -0.568. The van der Waals surface area contributed by atoms with Crippen molar-refractivity contribution in [3.8, 4) is 0 Å². The Morgan fingerprint density at radius 2 is 1.68 bits per heavy atom. The maximum absolute atomic E-state index is 12.5. The average molecular weight is 317 g/mol. The van der Waals surface area contributed by atoms with Crippen molar-refractivity contribution in [2.24, 2.45) is 5.92 Å². The largest absolute Gasteiger partial charge is 0.464 e. The monoisotopic (exact) mass is 317 g/mol. The molecule has 0 radical (unpaired) electrons. The molecule has 0 saturated heterocycles. The number of esters is 1. The van der Waals surface area contributed by atoms with E-state index in [9.17, 15) is 9.59 Å². The van der Waals surface area contributed by atoms with Crippen LogP contribution in [0.1, 0.15) is 54.9 Å². The minimum Gasteiger partial charge on any atom is -0.464 e. The molecule has 0 N–H and O–H groups in total. The van der Waals surface area contributed by atoms with Gasteiger partial charge in [-0.15, -0.1) is 0 Å². The van der Waals surface area contributed by atoms with E-state index in [1.807, 2.05) is 13.8 Å². The van der Waals surface area contributed by atoms with Crippen molar-refractivity contribution in [3.05, 3.63) is 0 Å². The molecule has 0 heterocycles. The number of hydrogen-bond donors (Lipinski definition) is 0. The Bertz CT molecular complexity index is 377. The van der Waals surface area contributed by atoms with Crippen molar-refractivity contribution in [2.45, 2.75) is 66.0 Å². The van der Waals surface area contributed by atoms with Gasteiger partial charge >= 0.3 is 12.1 Å². The minimum absolute atomic E-state index is 0.0471. The van der Waals surface area contributed by atoms with Crippen molar-refractivity contribution in [3.63, 3.8) is 0 Å². The fourth-order valence-corrected chi connectivity index (χ4v) is 2.07. The first-order valence-corrected chi connectivity index (χ1v) is 7.71. The quantitative estimate of drug-likeness (QED) is 0.533. The maximum atomic E-state index is 12.5. The van der Waals surface area contributed by atoms with E-state index in [-0.39, 0.29) is 19.3 Å². The SMILES string of the molecule is CCOC(=O)[C@@](C)([C@H](C)CC)N(COC)C(=O)OC(C)(C)C. The van der Waals surface area contributed by atoms with Crippen LogP contribution in [0.15, 0.2) is 0 Å². The fourth-order valence-electron chi connectivity index (χ4n) is 2.07. The number of carbonyl (C=O) groups excluding carboxylic acids is 2. The van der Waals surface area contributed by atoms with Crippen LogP contribution in [0.3, 0.4) is 0 Å². The molecule has 0 rings (SSSR count). The Hall–Kier alpha value is -1.30. The van der Waals surface area contributed by atoms with E-state index >= 15 is 0 Å². The fraction of sp³-hybridized carbons (Fsp3) is 0.875. The lowest BCUT2D eigenvalue weighted by Gasteiger charge is -2.42. The number of ether oxygens (including phenoxy) is 3. The van der Waals surface area contributed by atoms with Gasteiger partial charge in [-0.3, -0.25) is 4.90 Å². The summed E-state index contributed by atoms with van der Waals surface area (Å²) in [6.07, 6.45) is 0.114. The highest BCUT2D eigenvalue weighted by Gasteiger charge is 2.48. The summed E-state index contributed by atoms with van der Waals surface area (Å²) in [4.78, 5) is 26.4. The van der Waals surface area contributed by atoms with Gasteiger partial charge in [0.05, 0.1) is 6.61 Å². The summed E-state index contributed by atoms with van der Waals surface area (Å²) in [6, 6.07) is 0. The molecule has 0 aliphatic carbocycles. The molecule has 0 aromatic heterocycles. The highest BCUT2D eigenvalue weighted by molar-refractivity contribution is 5.85. The summed E-state index contributed by atoms with van der Waals surface area (Å²) in [5.41, 5.74) is -1.81. The van der Waals surface area contributed by atoms with E-state index < -0.39 is 23.2 Å². The lowest BCUT2D eigenvalue weighted by molar-refractivity contribution is -0.164. The van der Waals surface area contributed by atoms with Gasteiger partial charge in [0.15, 0.2) is 0 Å². The van der Waals surface area contributed by atoms with Crippen molar-refractivity contribution < 1.29 is 23.8 Å². The number of carbonyl (C=O) groups is 2. The second kappa shape index (κ2) is 8.36. The molecular weight excluding hydrogens is 286 g/mol. The molecule has 0 aliphatic heterocycles. The Morgan fingerprint density at radius 3 is 2.05 bits per heavy atom. The van der Waals surface area contributed by atoms with Crippen molar-refractivity contribution in [1.29, 1.82) is 0 Å². The van der Waals surface area contributed by atoms with Gasteiger partial charge in [-0.2, -0.15) is 0 Å². The summed E-state index contributed by atoms with van der Waals surface area (Å²) in [6.45, 7) is 12.8. The third kappa shape index (κ3) is 5.16. The second-order valence-corrected chi connectivity index (χ2v) is 6.50. The average Bonchev–Trinajstić information content (AvgIpc) is 2.41. The molecule has 0 aromatic rings. The van der Waals surface area contributed by atoms with E-state index in [4.69, 9.17) is 14.2 Å². The van der Waals surface area contributed by atoms with E-state index in [0.717, 1.165) is 0 Å². The third-order valence-corrected chi connectivity index (χ3v) is 3.69. The molecule has 0 aliphatic rings. The Labute approximate surface area is 134 Å². The number of amides is 1. The molecule has 0 spiro atoms. The third-order valence-electron chi connectivity index (χ3n) is 3.69. The van der Waals surface area contributed by atoms with Crippen LogP contribution >= 0.6 is 0 Å². The molecule has 6 nitrogen and oxygen atoms in total. The lowest BCUT2D eigenvalue weighted by atomic mass is 9.83. The number of nitrogens with zero attached hydrogens (tertiary/aromatic N) is 1. The van der Waals surface area contributed by atoms with E-state index in [0.29, 0.717) is 6.42 Å². The van der Waals surface area contributed by atoms with Crippen LogP contribution < -0.4 is 0 Å². The zero-order valence-corrected chi connectivity index (χ0v) is 15.2. The number of rotatable bonds is 7. The molecule has 0 saturated carbocycles. The first-order chi connectivity index (χ1) is 10.0. The van der Waals surface area contributed by atoms with Gasteiger partial charge in [0.25, 0.3) is 0 Å². The van der Waals surface area contributed by atoms with Crippen LogP contribution in [-0.2, 0) is 19.0 Å². The minimum atomic E-state index is -1.15. The van der Waals surface area contributed by atoms with Gasteiger partial charge < -0.3 is 14.2 Å². The van der Waals surface area contributed by atoms with Crippen molar-refractivity contribution in [2.75, 3.05) is 20.4 Å². The summed E-state index contributed by atoms with van der Waals surface area (Å²) in [7, 11) is 1.47. The van der Waals surface area contributed by atoms with Crippen molar-refractivity contribution >= 4 is 12.1 Å². The molecule has 130 valence electrons. The summed E-state index contributed by atoms with van der Waals surface area (Å²) in [5, 5.41) is 0. The van der Waals surface area contributed by atoms with Gasteiger partial charge in [-0.05, 0) is 40.5 Å². The van der Waals surface area contributed by atoms with Crippen LogP contribution in [0, 0.1) is 5.92 Å². The zero-order valence-electron chi connectivity index (χ0n) is 15.2. The Kier molecular flexibility index (Phi) is 7.87. The first kappa shape index (κ1) is 20.7. The summed E-state index contributed by atoms with van der Waals surface area (Å²) < 4.78 is 15.7. The number of methoxy groups -OCH3 is 1. The molecular formula is C16H31NO5. The van der Waals surface area contributed by atoms with Crippen LogP contribution in [0.5, 0.6) is 0 Å². The Balaban J connectivity index is 5.67. The zero-order chi connectivity index (χ0) is 17.6. The van der Waals surface area contributed by atoms with Gasteiger partial charge in [0, 0.05) is 7.11 Å². The molecule has 0 bridgehead atoms. The van der Waals surface area contributed by atoms with Crippen LogP contribution in [0.25, 0.3) is 0 Å². The van der Waals surface area contributed by atoms with E-state index in [1.165, 1.54) is 12.0 Å². The van der Waals surface area contributed by atoms with E-state index in [1.54, 1.807) is 34.6 Å². The van der Waals surface area contributed by atoms with Gasteiger partial charge in [-0.25, -0.2) is 9.59 Å². The van der Waals surface area contributed by atoms with Crippen LogP contribution in [-0.4, -0.2) is 48.5 Å². The van der Waals surface area contributed by atoms with E-state index in [2.05, 4.69) is 0 Å². The lowest BCUT2D eigenvalue weighted by Crippen LogP contribution is -2.60. The predicted molar refractivity (Wildman–Crippen MR) is 84.4 cm³/mol. The predicted octanol–water partition coefficient (Wildman–Crippen LogP) is 3.20. The highest BCUT2D eigenvalue weighted by Crippen LogP contribution is 2.30. The van der Waals surface area contributed by atoms with Crippen LogP contribution in [0.4, 0.5) is 4.79 Å². The first-order valence-electron chi connectivity index (χ1n) is 7.71. The normalized spacial score (nSPS) is 15.6. The smallest absolute Gasteiger partial charge is 0.413 e. The highest BCUT2D eigenvalue weighted by atomic mass is 16.6. The molecule has 1 amide bonds. The molecule has 0 unspecified atom stereocenters. The molecule has 22 heavy (non-hydrogen) atoms. The second-order valence-electron chi connectivity index (χ2n) is 6.50. The summed E-state index contributed by atoms with van der Waals surface area (Å²) >= 11 is 0. The maximum Gasteiger partial charge on any atom is 0.413 e. The standard InChI is InChI=1S/C16H31NO5/c1-9-12(3)16(7,13(18)21-10-2)17(11-20-8)14(19)22-15(4,5)6/h12H,9-11H2,1-8H3/t12-,16-/m1/s1. The molecule has 6 heteroatoms. The molecule has 0 fully saturated rings. The van der Waals surface area contributed by atoms with Gasteiger partial charge in [-0.1, -0.05) is 20.3 Å². The van der Waals surface area contributed by atoms with Crippen LogP contribution in [0.2, 0.25) is 0 Å². The van der Waals surface area contributed by atoms with Gasteiger partial charge in [0.1, 0.15) is 17.9 Å². The topological polar surface area (TPSA) is 65.1 Å². The van der Waals surface area contributed by atoms with Gasteiger partial charge in [0.2, 0.25) is 0 Å². The molecule has 0 aromatic carbocycles. The number of hydrogen-bond acceptors (Lipinski definition) is 5. The molecule has 2 atom stereocenters. The Morgan fingerprint density at radius 1 is 1.14 bits per heavy atom.